The second-order valence-corrected chi connectivity index (χ2v) is 8.39. The van der Waals surface area contributed by atoms with Crippen LogP contribution in [-0.2, 0) is 14.8 Å². The third-order valence-corrected chi connectivity index (χ3v) is 6.72. The summed E-state index contributed by atoms with van der Waals surface area (Å²) in [6.45, 7) is 0. The molecule has 3 aromatic carbocycles. The Morgan fingerprint density at radius 1 is 0.929 bits per heavy atom. The van der Waals surface area contributed by atoms with Gasteiger partial charge in [0, 0.05) is 17.7 Å². The van der Waals surface area contributed by atoms with Crippen molar-refractivity contribution < 1.29 is 27.4 Å². The molecule has 0 spiro atoms. The van der Waals surface area contributed by atoms with Gasteiger partial charge in [0.15, 0.2) is 5.69 Å². The first-order valence-electron chi connectivity index (χ1n) is 8.73. The van der Waals surface area contributed by atoms with Gasteiger partial charge in [0.25, 0.3) is 0 Å². The van der Waals surface area contributed by atoms with Crippen molar-refractivity contribution in [2.45, 2.75) is 17.4 Å². The van der Waals surface area contributed by atoms with Gasteiger partial charge in [-0.3, -0.25) is 4.79 Å². The smallest absolute Gasteiger partial charge is 0.331 e. The van der Waals surface area contributed by atoms with Gasteiger partial charge in [0.05, 0.1) is 0 Å². The Labute approximate surface area is 162 Å². The molecule has 1 heterocycles. The SMILES string of the molecule is O=C(O)CC1c2ccccc2S(=O)(=O)[NH+]1c1cccc(Oc2ccccc2)c1. The number of carbonyl (C=O) groups is 1. The normalized spacial score (nSPS) is 19.7. The maximum atomic E-state index is 13.2. The molecule has 4 rings (SSSR count). The largest absolute Gasteiger partial charge is 0.481 e. The lowest BCUT2D eigenvalue weighted by Crippen LogP contribution is -3.07. The molecule has 1 aliphatic rings. The van der Waals surface area contributed by atoms with E-state index in [-0.39, 0.29) is 15.6 Å². The fourth-order valence-corrected chi connectivity index (χ4v) is 5.57. The Morgan fingerprint density at radius 3 is 2.36 bits per heavy atom. The summed E-state index contributed by atoms with van der Waals surface area (Å²) in [5.74, 6) is 0.0619. The first-order chi connectivity index (χ1) is 13.5. The van der Waals surface area contributed by atoms with E-state index in [0.717, 1.165) is 0 Å². The average Bonchev–Trinajstić information content (AvgIpc) is 2.89. The van der Waals surface area contributed by atoms with Crippen molar-refractivity contribution in [3.05, 3.63) is 84.4 Å². The maximum absolute atomic E-state index is 13.2. The summed E-state index contributed by atoms with van der Waals surface area (Å²) in [6.07, 6.45) is -0.296. The van der Waals surface area contributed by atoms with Crippen LogP contribution >= 0.6 is 0 Å². The average molecular weight is 396 g/mol. The van der Waals surface area contributed by atoms with Gasteiger partial charge in [-0.05, 0) is 24.3 Å². The number of nitrogens with one attached hydrogen (secondary N) is 1. The number of sulfonamides is 1. The van der Waals surface area contributed by atoms with Crippen LogP contribution in [0, 0.1) is 0 Å². The molecule has 28 heavy (non-hydrogen) atoms. The molecule has 2 unspecified atom stereocenters. The molecule has 0 fully saturated rings. The third kappa shape index (κ3) is 3.26. The van der Waals surface area contributed by atoms with Crippen molar-refractivity contribution >= 4 is 21.7 Å². The summed E-state index contributed by atoms with van der Waals surface area (Å²) in [5.41, 5.74) is 0.963. The summed E-state index contributed by atoms with van der Waals surface area (Å²) >= 11 is 0. The number of rotatable bonds is 5. The third-order valence-electron chi connectivity index (χ3n) is 4.67. The summed E-state index contributed by atoms with van der Waals surface area (Å²) in [6, 6.07) is 21.8. The van der Waals surface area contributed by atoms with E-state index in [0.29, 0.717) is 22.7 Å². The van der Waals surface area contributed by atoms with Gasteiger partial charge in [-0.25, -0.2) is 0 Å². The molecule has 0 amide bonds. The van der Waals surface area contributed by atoms with E-state index < -0.39 is 22.0 Å². The first-order valence-corrected chi connectivity index (χ1v) is 10.2. The zero-order valence-electron chi connectivity index (χ0n) is 14.8. The van der Waals surface area contributed by atoms with Gasteiger partial charge in [-0.15, -0.1) is 0 Å². The quantitative estimate of drug-likeness (QED) is 0.693. The Kier molecular flexibility index (Phi) is 4.62. The van der Waals surface area contributed by atoms with E-state index in [9.17, 15) is 18.3 Å². The lowest BCUT2D eigenvalue weighted by Gasteiger charge is -2.19. The lowest BCUT2D eigenvalue weighted by atomic mass is 10.0. The molecule has 6 nitrogen and oxygen atoms in total. The van der Waals surface area contributed by atoms with Crippen LogP contribution in [-0.4, -0.2) is 19.5 Å². The van der Waals surface area contributed by atoms with E-state index in [1.807, 2.05) is 18.2 Å². The monoisotopic (exact) mass is 396 g/mol. The van der Waals surface area contributed by atoms with Crippen molar-refractivity contribution in [2.24, 2.45) is 0 Å². The molecular weight excluding hydrogens is 378 g/mol. The van der Waals surface area contributed by atoms with Crippen LogP contribution in [0.15, 0.2) is 83.8 Å². The number of quaternary nitrogens is 1. The molecule has 2 atom stereocenters. The summed E-state index contributed by atoms with van der Waals surface area (Å²) < 4.78 is 32.3. The fourth-order valence-electron chi connectivity index (χ4n) is 3.53. The van der Waals surface area contributed by atoms with Crippen LogP contribution in [0.2, 0.25) is 0 Å². The van der Waals surface area contributed by atoms with Crippen LogP contribution in [0.3, 0.4) is 0 Å². The molecular formula is C21H18NO5S+. The molecule has 142 valence electrons. The van der Waals surface area contributed by atoms with E-state index in [1.54, 1.807) is 54.6 Å². The Morgan fingerprint density at radius 2 is 1.61 bits per heavy atom. The molecule has 0 aromatic heterocycles. The van der Waals surface area contributed by atoms with Gasteiger partial charge in [-0.1, -0.05) is 42.5 Å². The fraction of sp³-hybridized carbons (Fsp3) is 0.0952. The predicted molar refractivity (Wildman–Crippen MR) is 102 cm³/mol. The van der Waals surface area contributed by atoms with Crippen molar-refractivity contribution in [1.29, 1.82) is 0 Å². The van der Waals surface area contributed by atoms with E-state index >= 15 is 0 Å². The molecule has 7 heteroatoms. The Bertz CT molecular complexity index is 1130. The topological polar surface area (TPSA) is 85.1 Å². The molecule has 2 N–H and O–H groups in total. The number of carboxylic acids is 1. The number of aliphatic carboxylic acids is 1. The van der Waals surface area contributed by atoms with Gasteiger partial charge >= 0.3 is 16.0 Å². The molecule has 0 aliphatic carbocycles. The zero-order valence-corrected chi connectivity index (χ0v) is 15.6. The molecule has 0 bridgehead atoms. The molecule has 0 radical (unpaired) electrons. The second kappa shape index (κ2) is 7.10. The number of hydrogen-bond donors (Lipinski definition) is 2. The zero-order chi connectivity index (χ0) is 19.7. The molecule has 0 saturated carbocycles. The standard InChI is InChI=1S/C21H17NO5S/c23-21(24)14-19-18-11-4-5-12-20(18)28(25,26)22(19)15-7-6-10-17(13-15)27-16-8-2-1-3-9-16/h1-13,19H,14H2,(H,23,24)/p+1. The number of para-hydroxylation sites is 1. The van der Waals surface area contributed by atoms with Crippen molar-refractivity contribution in [3.8, 4) is 11.5 Å². The molecule has 1 aliphatic heterocycles. The van der Waals surface area contributed by atoms with E-state index in [1.165, 1.54) is 6.07 Å². The van der Waals surface area contributed by atoms with Crippen LogP contribution in [0.5, 0.6) is 11.5 Å². The van der Waals surface area contributed by atoms with Gasteiger partial charge in [-0.2, -0.15) is 12.7 Å². The minimum absolute atomic E-state index is 0.106. The molecule has 3 aromatic rings. The summed E-state index contributed by atoms with van der Waals surface area (Å²) in [4.78, 5) is 11.6. The van der Waals surface area contributed by atoms with E-state index in [2.05, 4.69) is 0 Å². The van der Waals surface area contributed by atoms with Crippen LogP contribution in [0.1, 0.15) is 18.0 Å². The lowest BCUT2D eigenvalue weighted by molar-refractivity contribution is -0.726. The maximum Gasteiger partial charge on any atom is 0.331 e. The highest BCUT2D eigenvalue weighted by Crippen LogP contribution is 2.32. The van der Waals surface area contributed by atoms with Crippen molar-refractivity contribution in [1.82, 2.24) is 0 Å². The minimum atomic E-state index is -3.79. The van der Waals surface area contributed by atoms with Crippen LogP contribution in [0.25, 0.3) is 0 Å². The number of carboxylic acid groups (broad SMARTS) is 1. The second-order valence-electron chi connectivity index (χ2n) is 6.50. The number of benzene rings is 3. The Hall–Kier alpha value is -3.16. The van der Waals surface area contributed by atoms with Gasteiger partial charge < -0.3 is 9.84 Å². The summed E-state index contributed by atoms with van der Waals surface area (Å²) in [7, 11) is -3.79. The van der Waals surface area contributed by atoms with Crippen molar-refractivity contribution in [2.75, 3.05) is 0 Å². The van der Waals surface area contributed by atoms with Gasteiger partial charge in [0.1, 0.15) is 28.9 Å². The Balaban J connectivity index is 1.77. The number of ether oxygens (including phenoxy) is 1. The van der Waals surface area contributed by atoms with Gasteiger partial charge in [0.2, 0.25) is 0 Å². The van der Waals surface area contributed by atoms with Crippen molar-refractivity contribution in [3.63, 3.8) is 0 Å². The highest BCUT2D eigenvalue weighted by atomic mass is 32.2. The predicted octanol–water partition coefficient (Wildman–Crippen LogP) is 2.91. The van der Waals surface area contributed by atoms with Crippen LogP contribution in [0.4, 0.5) is 5.69 Å². The van der Waals surface area contributed by atoms with Crippen LogP contribution < -0.4 is 9.04 Å². The highest BCUT2D eigenvalue weighted by molar-refractivity contribution is 7.85. The number of fused-ring (bicyclic) bond motifs is 1. The summed E-state index contributed by atoms with van der Waals surface area (Å²) in [5, 5.41) is 9.35. The highest BCUT2D eigenvalue weighted by Gasteiger charge is 2.48. The molecule has 0 saturated heterocycles. The number of hydrogen-bond acceptors (Lipinski definition) is 4. The van der Waals surface area contributed by atoms with E-state index in [4.69, 9.17) is 4.74 Å². The first kappa shape index (κ1) is 18.2. The minimum Gasteiger partial charge on any atom is -0.481 e.